The third-order valence-corrected chi connectivity index (χ3v) is 4.06. The number of alkyl halides is 3. The van der Waals surface area contributed by atoms with E-state index in [1.807, 2.05) is 11.9 Å². The normalized spacial score (nSPS) is 15.7. The van der Waals surface area contributed by atoms with Crippen molar-refractivity contribution in [3.8, 4) is 0 Å². The molecule has 1 aliphatic rings. The second kappa shape index (κ2) is 8.89. The Hall–Kier alpha value is -2.02. The van der Waals surface area contributed by atoms with Crippen LogP contribution in [-0.4, -0.2) is 44.7 Å². The summed E-state index contributed by atoms with van der Waals surface area (Å²) < 4.78 is 43.1. The van der Waals surface area contributed by atoms with Gasteiger partial charge < -0.3 is 15.0 Å². The molecule has 1 aliphatic heterocycles. The predicted molar refractivity (Wildman–Crippen MR) is 92.4 cm³/mol. The number of nitrogens with one attached hydrogen (secondary N) is 1. The molecule has 0 fully saturated rings. The number of rotatable bonds is 5. The van der Waals surface area contributed by atoms with E-state index in [2.05, 4.69) is 16.4 Å². The summed E-state index contributed by atoms with van der Waals surface area (Å²) in [5.74, 6) is 0.715. The van der Waals surface area contributed by atoms with Crippen molar-refractivity contribution in [1.82, 2.24) is 10.2 Å². The fourth-order valence-electron chi connectivity index (χ4n) is 2.66. The molecule has 25 heavy (non-hydrogen) atoms. The highest BCUT2D eigenvalue weighted by Gasteiger charge is 2.29. The number of nitrogens with zero attached hydrogens (tertiary/aromatic N) is 2. The van der Waals surface area contributed by atoms with E-state index in [0.717, 1.165) is 43.7 Å². The number of benzene rings is 1. The fraction of sp³-hybridized carbons (Fsp3) is 0.500. The van der Waals surface area contributed by atoms with Crippen molar-refractivity contribution in [3.63, 3.8) is 0 Å². The molecule has 0 aliphatic carbocycles. The topological polar surface area (TPSA) is 36.9 Å². The zero-order valence-electron chi connectivity index (χ0n) is 14.6. The first kappa shape index (κ1) is 19.3. The Morgan fingerprint density at radius 1 is 1.28 bits per heavy atom. The monoisotopic (exact) mass is 355 g/mol. The molecule has 0 spiro atoms. The first-order valence-electron chi connectivity index (χ1n) is 8.23. The zero-order valence-corrected chi connectivity index (χ0v) is 14.6. The van der Waals surface area contributed by atoms with Gasteiger partial charge in [-0.25, -0.2) is 0 Å². The summed E-state index contributed by atoms with van der Waals surface area (Å²) >= 11 is 0. The van der Waals surface area contributed by atoms with E-state index < -0.39 is 11.7 Å². The molecule has 1 N–H and O–H groups in total. The van der Waals surface area contributed by atoms with Crippen molar-refractivity contribution in [2.75, 3.05) is 33.9 Å². The van der Waals surface area contributed by atoms with Gasteiger partial charge in [-0.15, -0.1) is 0 Å². The summed E-state index contributed by atoms with van der Waals surface area (Å²) in [5, 5.41) is 3.29. The second-order valence-corrected chi connectivity index (χ2v) is 5.96. The van der Waals surface area contributed by atoms with Gasteiger partial charge >= 0.3 is 6.18 Å². The van der Waals surface area contributed by atoms with Crippen LogP contribution in [0.2, 0.25) is 0 Å². The van der Waals surface area contributed by atoms with Crippen LogP contribution < -0.4 is 5.32 Å². The van der Waals surface area contributed by atoms with Gasteiger partial charge in [0.15, 0.2) is 5.96 Å². The molecule has 138 valence electrons. The van der Waals surface area contributed by atoms with E-state index >= 15 is 0 Å². The fourth-order valence-corrected chi connectivity index (χ4v) is 2.66. The maximum absolute atomic E-state index is 12.6. The van der Waals surface area contributed by atoms with Crippen LogP contribution in [0.15, 0.2) is 40.9 Å². The average Bonchev–Trinajstić information content (AvgIpc) is 2.59. The number of hydrogen-bond acceptors (Lipinski definition) is 2. The molecule has 4 nitrogen and oxygen atoms in total. The SMILES string of the molecule is CN=C(NCCC1=CCOCC1)N(C)Cc1ccc(C(F)(F)F)cc1. The molecule has 1 aromatic carbocycles. The Balaban J connectivity index is 1.84. The van der Waals surface area contributed by atoms with Gasteiger partial charge in [-0.2, -0.15) is 13.2 Å². The van der Waals surface area contributed by atoms with Gasteiger partial charge in [-0.3, -0.25) is 4.99 Å². The minimum absolute atomic E-state index is 0.481. The molecule has 0 saturated heterocycles. The van der Waals surface area contributed by atoms with Crippen LogP contribution in [0.25, 0.3) is 0 Å². The van der Waals surface area contributed by atoms with Gasteiger partial charge in [0.25, 0.3) is 0 Å². The molecule has 1 aromatic rings. The van der Waals surface area contributed by atoms with Crippen LogP contribution in [-0.2, 0) is 17.5 Å². The maximum Gasteiger partial charge on any atom is 0.416 e. The van der Waals surface area contributed by atoms with Crippen LogP contribution in [0.5, 0.6) is 0 Å². The first-order valence-corrected chi connectivity index (χ1v) is 8.23. The highest BCUT2D eigenvalue weighted by atomic mass is 19.4. The summed E-state index contributed by atoms with van der Waals surface area (Å²) in [6, 6.07) is 5.22. The van der Waals surface area contributed by atoms with Crippen molar-refractivity contribution in [3.05, 3.63) is 47.0 Å². The number of guanidine groups is 1. The van der Waals surface area contributed by atoms with Gasteiger partial charge in [-0.05, 0) is 30.5 Å². The lowest BCUT2D eigenvalue weighted by Gasteiger charge is -2.23. The average molecular weight is 355 g/mol. The van der Waals surface area contributed by atoms with Crippen molar-refractivity contribution in [2.45, 2.75) is 25.6 Å². The number of aliphatic imine (C=N–C) groups is 1. The van der Waals surface area contributed by atoms with Crippen LogP contribution in [0.4, 0.5) is 13.2 Å². The molecule has 2 rings (SSSR count). The molecule has 0 aromatic heterocycles. The Labute approximate surface area is 146 Å². The lowest BCUT2D eigenvalue weighted by molar-refractivity contribution is -0.137. The van der Waals surface area contributed by atoms with Crippen LogP contribution in [0.3, 0.4) is 0 Å². The third-order valence-electron chi connectivity index (χ3n) is 4.06. The number of ether oxygens (including phenoxy) is 1. The molecule has 1 heterocycles. The lowest BCUT2D eigenvalue weighted by atomic mass is 10.1. The molecule has 0 saturated carbocycles. The Morgan fingerprint density at radius 2 is 2.00 bits per heavy atom. The summed E-state index contributed by atoms with van der Waals surface area (Å²) in [4.78, 5) is 6.12. The molecule has 0 amide bonds. The van der Waals surface area contributed by atoms with E-state index in [-0.39, 0.29) is 0 Å². The predicted octanol–water partition coefficient (Wildman–Crippen LogP) is 3.45. The van der Waals surface area contributed by atoms with E-state index in [9.17, 15) is 13.2 Å². The molecule has 0 unspecified atom stereocenters. The van der Waals surface area contributed by atoms with E-state index in [0.29, 0.717) is 19.1 Å². The Morgan fingerprint density at radius 3 is 2.56 bits per heavy atom. The van der Waals surface area contributed by atoms with E-state index in [1.54, 1.807) is 7.05 Å². The Kier molecular flexibility index (Phi) is 6.87. The second-order valence-electron chi connectivity index (χ2n) is 5.96. The number of halogens is 3. The van der Waals surface area contributed by atoms with Gasteiger partial charge in [-0.1, -0.05) is 23.8 Å². The minimum atomic E-state index is -4.30. The lowest BCUT2D eigenvalue weighted by Crippen LogP contribution is -2.39. The largest absolute Gasteiger partial charge is 0.416 e. The van der Waals surface area contributed by atoms with Gasteiger partial charge in [0, 0.05) is 27.2 Å². The van der Waals surface area contributed by atoms with E-state index in [4.69, 9.17) is 4.74 Å². The van der Waals surface area contributed by atoms with Crippen molar-refractivity contribution in [1.29, 1.82) is 0 Å². The summed E-state index contributed by atoms with van der Waals surface area (Å²) in [6.45, 7) is 2.69. The van der Waals surface area contributed by atoms with Crippen molar-refractivity contribution < 1.29 is 17.9 Å². The number of hydrogen-bond donors (Lipinski definition) is 1. The Bertz CT molecular complexity index is 609. The standard InChI is InChI=1S/C18H24F3N3O/c1-22-17(23-10-7-14-8-11-25-12-9-14)24(2)13-15-3-5-16(6-4-15)18(19,20)21/h3-6,8H,7,9-13H2,1-2H3,(H,22,23). The smallest absolute Gasteiger partial charge is 0.377 e. The summed E-state index contributed by atoms with van der Waals surface area (Å²) in [5.41, 5.74) is 1.54. The molecule has 0 bridgehead atoms. The van der Waals surface area contributed by atoms with Gasteiger partial charge in [0.05, 0.1) is 18.8 Å². The molecular formula is C18H24F3N3O. The molecule has 0 atom stereocenters. The first-order chi connectivity index (χ1) is 11.9. The van der Waals surface area contributed by atoms with Crippen LogP contribution in [0, 0.1) is 0 Å². The molecule has 0 radical (unpaired) electrons. The van der Waals surface area contributed by atoms with Crippen molar-refractivity contribution in [2.24, 2.45) is 4.99 Å². The quantitative estimate of drug-likeness (QED) is 0.499. The minimum Gasteiger partial charge on any atom is -0.377 e. The van der Waals surface area contributed by atoms with Crippen LogP contribution in [0.1, 0.15) is 24.0 Å². The zero-order chi connectivity index (χ0) is 18.3. The molecule has 7 heteroatoms. The highest BCUT2D eigenvalue weighted by molar-refractivity contribution is 5.79. The van der Waals surface area contributed by atoms with E-state index in [1.165, 1.54) is 17.7 Å². The maximum atomic E-state index is 12.6. The van der Waals surface area contributed by atoms with Crippen molar-refractivity contribution >= 4 is 5.96 Å². The van der Waals surface area contributed by atoms with Gasteiger partial charge in [0.1, 0.15) is 0 Å². The van der Waals surface area contributed by atoms with Crippen LogP contribution >= 0.6 is 0 Å². The third kappa shape index (κ3) is 6.08. The summed E-state index contributed by atoms with van der Waals surface area (Å²) in [6.07, 6.45) is -0.307. The summed E-state index contributed by atoms with van der Waals surface area (Å²) in [7, 11) is 3.56. The molecular weight excluding hydrogens is 331 g/mol. The highest BCUT2D eigenvalue weighted by Crippen LogP contribution is 2.29. The van der Waals surface area contributed by atoms with Gasteiger partial charge in [0.2, 0.25) is 0 Å².